The fourth-order valence-corrected chi connectivity index (χ4v) is 8.74. The lowest BCUT2D eigenvalue weighted by molar-refractivity contribution is 0.280. The number of aliphatic imine (C=N–C) groups is 2. The molecule has 0 aromatic heterocycles. The molecular weight excluding hydrogens is 578 g/mol. The van der Waals surface area contributed by atoms with E-state index in [-0.39, 0.29) is 35.1 Å². The molecule has 7 nitrogen and oxygen atoms in total. The van der Waals surface area contributed by atoms with Gasteiger partial charge in [-0.2, -0.15) is 15.8 Å². The minimum absolute atomic E-state index is 0.0166. The molecule has 0 saturated heterocycles. The normalized spacial score (nSPS) is 33.0. The third kappa shape index (κ3) is 4.15. The fourth-order valence-electron chi connectivity index (χ4n) is 8.74. The van der Waals surface area contributed by atoms with E-state index in [0.29, 0.717) is 17.6 Å². The molecule has 0 fully saturated rings. The maximum Gasteiger partial charge on any atom is 0.132 e. The van der Waals surface area contributed by atoms with Crippen molar-refractivity contribution < 1.29 is 0 Å². The van der Waals surface area contributed by atoms with Crippen LogP contribution in [0.3, 0.4) is 0 Å². The number of nitriles is 3. The molecule has 7 heteroatoms. The number of nitrogens with zero attached hydrogens (tertiary/aromatic N) is 7. The van der Waals surface area contributed by atoms with Gasteiger partial charge in [0.2, 0.25) is 0 Å². The van der Waals surface area contributed by atoms with Crippen LogP contribution in [0.2, 0.25) is 0 Å². The average Bonchev–Trinajstić information content (AvgIpc) is 3.52. The number of anilines is 1. The van der Waals surface area contributed by atoms with Gasteiger partial charge in [-0.25, -0.2) is 4.99 Å². The zero-order valence-corrected chi connectivity index (χ0v) is 26.8. The van der Waals surface area contributed by atoms with Gasteiger partial charge < -0.3 is 9.80 Å². The van der Waals surface area contributed by atoms with Crippen LogP contribution in [-0.2, 0) is 5.41 Å². The Hall–Kier alpha value is -5.45. The van der Waals surface area contributed by atoms with Crippen LogP contribution in [0, 0.1) is 51.7 Å². The van der Waals surface area contributed by atoms with E-state index >= 15 is 0 Å². The Balaban J connectivity index is 1.33. The Morgan fingerprint density at radius 3 is 2.53 bits per heavy atom. The summed E-state index contributed by atoms with van der Waals surface area (Å²) >= 11 is 0. The van der Waals surface area contributed by atoms with Gasteiger partial charge in [-0.15, -0.1) is 0 Å². The highest BCUT2D eigenvalue weighted by Gasteiger charge is 2.54. The van der Waals surface area contributed by atoms with Gasteiger partial charge >= 0.3 is 0 Å². The number of amidine groups is 1. The summed E-state index contributed by atoms with van der Waals surface area (Å²) in [5.41, 5.74) is 6.53. The maximum atomic E-state index is 9.89. The third-order valence-corrected chi connectivity index (χ3v) is 11.3. The van der Waals surface area contributed by atoms with E-state index in [2.05, 4.69) is 116 Å². The first-order valence-corrected chi connectivity index (χ1v) is 16.4. The van der Waals surface area contributed by atoms with E-state index in [1.54, 1.807) is 0 Å². The number of hydrogen-bond acceptors (Lipinski definition) is 7. The molecule has 7 unspecified atom stereocenters. The molecule has 8 rings (SSSR count). The summed E-state index contributed by atoms with van der Waals surface area (Å²) in [5, 5.41) is 29.3. The largest absolute Gasteiger partial charge is 0.319 e. The van der Waals surface area contributed by atoms with Gasteiger partial charge in [-0.05, 0) is 72.9 Å². The van der Waals surface area contributed by atoms with E-state index in [9.17, 15) is 15.8 Å². The first-order valence-electron chi connectivity index (χ1n) is 16.4. The van der Waals surface area contributed by atoms with Crippen LogP contribution in [0.15, 0.2) is 118 Å². The molecule has 0 spiro atoms. The summed E-state index contributed by atoms with van der Waals surface area (Å²) in [4.78, 5) is 15.2. The second kappa shape index (κ2) is 10.5. The van der Waals surface area contributed by atoms with Crippen LogP contribution in [-0.4, -0.2) is 35.1 Å². The zero-order chi connectivity index (χ0) is 32.5. The van der Waals surface area contributed by atoms with Gasteiger partial charge in [0.15, 0.2) is 0 Å². The third-order valence-electron chi connectivity index (χ3n) is 11.3. The average molecular weight is 614 g/mol. The molecule has 2 aliphatic carbocycles. The number of allylic oxidation sites excluding steroid dienone is 5. The molecule has 0 bridgehead atoms. The highest BCUT2D eigenvalue weighted by atomic mass is 15.3. The van der Waals surface area contributed by atoms with Gasteiger partial charge in [0.05, 0.1) is 41.3 Å². The van der Waals surface area contributed by atoms with Gasteiger partial charge in [-0.3, -0.25) is 4.99 Å². The molecule has 7 atom stereocenters. The molecule has 47 heavy (non-hydrogen) atoms. The molecule has 0 amide bonds. The summed E-state index contributed by atoms with van der Waals surface area (Å²) in [7, 11) is 0. The lowest BCUT2D eigenvalue weighted by Crippen LogP contribution is -2.52. The maximum absolute atomic E-state index is 9.89. The number of rotatable bonds is 2. The van der Waals surface area contributed by atoms with Crippen LogP contribution in [0.5, 0.6) is 0 Å². The topological polar surface area (TPSA) is 103 Å². The highest BCUT2D eigenvalue weighted by Crippen LogP contribution is 2.54. The summed E-state index contributed by atoms with van der Waals surface area (Å²) in [6.07, 6.45) is 16.3. The smallest absolute Gasteiger partial charge is 0.132 e. The highest BCUT2D eigenvalue weighted by molar-refractivity contribution is 5.93. The summed E-state index contributed by atoms with van der Waals surface area (Å²) in [6, 6.07) is 23.7. The molecule has 2 aromatic rings. The zero-order valence-electron chi connectivity index (χ0n) is 26.8. The van der Waals surface area contributed by atoms with Crippen molar-refractivity contribution in [3.63, 3.8) is 0 Å². The van der Waals surface area contributed by atoms with Crippen molar-refractivity contribution in [2.24, 2.45) is 27.7 Å². The van der Waals surface area contributed by atoms with Crippen LogP contribution in [0.4, 0.5) is 5.69 Å². The van der Waals surface area contributed by atoms with Gasteiger partial charge in [-0.1, -0.05) is 62.4 Å². The monoisotopic (exact) mass is 613 g/mol. The van der Waals surface area contributed by atoms with E-state index in [4.69, 9.17) is 9.98 Å². The molecule has 6 aliphatic rings. The number of hydrogen-bond donors (Lipinski definition) is 0. The quantitative estimate of drug-likeness (QED) is 0.356. The number of fused-ring (bicyclic) bond motifs is 5. The van der Waals surface area contributed by atoms with Crippen molar-refractivity contribution in [2.45, 2.75) is 56.5 Å². The molecule has 4 heterocycles. The second-order valence-corrected chi connectivity index (χ2v) is 13.9. The van der Waals surface area contributed by atoms with Crippen molar-refractivity contribution in [1.29, 1.82) is 15.8 Å². The standard InChI is InChI=1S/C40H35N7/c1-25-30(29-11-8-26(21-41)9-12-29)20-37(46-35-7-5-4-6-32(35)39(2)16-17-44-24-36(39)46)45-38(25)47-34-13-10-27(22-42)18-31(34)33-19-28(23-43)14-15-40(33,47)3/h4-15,19-20,24-25,27,30,33,36H,16-18H2,1-3H3. The minimum Gasteiger partial charge on any atom is -0.319 e. The summed E-state index contributed by atoms with van der Waals surface area (Å²) in [5.74, 6) is 1.54. The van der Waals surface area contributed by atoms with Crippen molar-refractivity contribution >= 4 is 17.7 Å². The number of benzene rings is 2. The molecule has 0 saturated carbocycles. The van der Waals surface area contributed by atoms with Crippen molar-refractivity contribution in [1.82, 2.24) is 4.90 Å². The lowest BCUT2D eigenvalue weighted by Gasteiger charge is -2.45. The lowest BCUT2D eigenvalue weighted by atomic mass is 9.74. The van der Waals surface area contributed by atoms with Crippen LogP contribution in [0.1, 0.15) is 56.2 Å². The number of para-hydroxylation sites is 1. The Morgan fingerprint density at radius 2 is 1.77 bits per heavy atom. The van der Waals surface area contributed by atoms with E-state index in [1.165, 1.54) is 11.1 Å². The molecule has 0 N–H and O–H groups in total. The Labute approximate surface area is 276 Å². The Bertz CT molecular complexity index is 2040. The summed E-state index contributed by atoms with van der Waals surface area (Å²) < 4.78 is 0. The van der Waals surface area contributed by atoms with Crippen LogP contribution in [0.25, 0.3) is 0 Å². The first-order chi connectivity index (χ1) is 22.8. The van der Waals surface area contributed by atoms with E-state index in [0.717, 1.165) is 41.6 Å². The Kier molecular flexibility index (Phi) is 6.50. The van der Waals surface area contributed by atoms with Crippen molar-refractivity contribution in [3.05, 3.63) is 124 Å². The molecule has 230 valence electrons. The van der Waals surface area contributed by atoms with Crippen LogP contribution < -0.4 is 4.90 Å². The predicted octanol–water partition coefficient (Wildman–Crippen LogP) is 7.22. The minimum atomic E-state index is -0.506. The van der Waals surface area contributed by atoms with Gasteiger partial charge in [0.25, 0.3) is 0 Å². The summed E-state index contributed by atoms with van der Waals surface area (Å²) in [6.45, 7) is 7.62. The van der Waals surface area contributed by atoms with Gasteiger partial charge in [0, 0.05) is 52.9 Å². The van der Waals surface area contributed by atoms with Crippen LogP contribution >= 0.6 is 0 Å². The predicted molar refractivity (Wildman–Crippen MR) is 183 cm³/mol. The molecule has 2 aromatic carbocycles. The van der Waals surface area contributed by atoms with Gasteiger partial charge in [0.1, 0.15) is 11.7 Å². The molecule has 0 radical (unpaired) electrons. The van der Waals surface area contributed by atoms with E-state index in [1.807, 2.05) is 24.3 Å². The van der Waals surface area contributed by atoms with Crippen molar-refractivity contribution in [2.75, 3.05) is 11.4 Å². The fraction of sp³-hybridized carbons (Fsp3) is 0.325. The molecule has 4 aliphatic heterocycles. The SMILES string of the molecule is CC1C(N2C3=C(CC(C#N)C=C3)C3C=C(C#N)C=CC32C)=NC(N2c3ccccc3C3(C)CCN=CC23)=CC1c1ccc(C#N)cc1. The molecular formula is C40H35N7. The Morgan fingerprint density at radius 1 is 0.957 bits per heavy atom. The van der Waals surface area contributed by atoms with E-state index < -0.39 is 5.54 Å². The second-order valence-electron chi connectivity index (χ2n) is 13.9. The first kappa shape index (κ1) is 29.0. The van der Waals surface area contributed by atoms with Crippen molar-refractivity contribution in [3.8, 4) is 18.2 Å².